The molecule has 2 N–H and O–H groups in total. The van der Waals surface area contributed by atoms with Crippen molar-refractivity contribution in [1.29, 1.82) is 0 Å². The minimum absolute atomic E-state index is 0.0358. The summed E-state index contributed by atoms with van der Waals surface area (Å²) in [6, 6.07) is 11.3. The van der Waals surface area contributed by atoms with Crippen molar-refractivity contribution in [1.82, 2.24) is 19.8 Å². The van der Waals surface area contributed by atoms with Gasteiger partial charge in [0.1, 0.15) is 17.7 Å². The van der Waals surface area contributed by atoms with E-state index >= 15 is 0 Å². The first-order chi connectivity index (χ1) is 17.1. The second-order valence-corrected chi connectivity index (χ2v) is 9.00. The Bertz CT molecular complexity index is 1290. The molecule has 36 heavy (non-hydrogen) atoms. The average molecular weight is 502 g/mol. The van der Waals surface area contributed by atoms with E-state index in [9.17, 15) is 22.4 Å². The van der Waals surface area contributed by atoms with Gasteiger partial charge in [-0.15, -0.1) is 0 Å². The van der Waals surface area contributed by atoms with Crippen LogP contribution in [0.1, 0.15) is 33.6 Å². The van der Waals surface area contributed by atoms with Crippen molar-refractivity contribution in [3.8, 4) is 11.8 Å². The molecule has 6 nitrogen and oxygen atoms in total. The molecule has 2 atom stereocenters. The largest absolute Gasteiger partial charge is 0.393 e. The third-order valence-corrected chi connectivity index (χ3v) is 6.07. The van der Waals surface area contributed by atoms with E-state index in [2.05, 4.69) is 27.6 Å². The van der Waals surface area contributed by atoms with E-state index in [1.54, 1.807) is 24.3 Å². The molecule has 1 fully saturated rings. The minimum atomic E-state index is -4.47. The minimum Gasteiger partial charge on any atom is -0.364 e. The lowest BCUT2D eigenvalue weighted by atomic mass is 10.0. The van der Waals surface area contributed by atoms with E-state index in [-0.39, 0.29) is 35.8 Å². The molecule has 0 saturated carbocycles. The molecule has 0 unspecified atom stereocenters. The van der Waals surface area contributed by atoms with Gasteiger partial charge in [-0.25, -0.2) is 8.91 Å². The highest BCUT2D eigenvalue weighted by Crippen LogP contribution is 2.28. The number of hydrogen-bond acceptors (Lipinski definition) is 4. The molecule has 3 aromatic rings. The van der Waals surface area contributed by atoms with E-state index in [1.807, 2.05) is 31.0 Å². The number of carbonyl (C=O) groups is 1. The zero-order valence-corrected chi connectivity index (χ0v) is 20.0. The van der Waals surface area contributed by atoms with Crippen molar-refractivity contribution in [3.05, 3.63) is 64.8 Å². The quantitative estimate of drug-likeness (QED) is 0.410. The number of nitrogens with one attached hydrogen (secondary N) is 2. The first-order valence-electron chi connectivity index (χ1n) is 11.6. The number of benzene rings is 1. The number of piperidine rings is 1. The van der Waals surface area contributed by atoms with Crippen LogP contribution in [0.5, 0.6) is 0 Å². The molecule has 3 heterocycles. The number of pyridine rings is 1. The van der Waals surface area contributed by atoms with Crippen LogP contribution in [0.3, 0.4) is 0 Å². The Kier molecular flexibility index (Phi) is 7.50. The highest BCUT2D eigenvalue weighted by Gasteiger charge is 2.32. The molecule has 0 radical (unpaired) electrons. The van der Waals surface area contributed by atoms with Crippen molar-refractivity contribution >= 4 is 17.2 Å². The fourth-order valence-corrected chi connectivity index (χ4v) is 4.17. The molecule has 190 valence electrons. The molecule has 10 heteroatoms. The molecule has 1 aliphatic heterocycles. The second kappa shape index (κ2) is 10.6. The number of aromatic nitrogens is 2. The summed E-state index contributed by atoms with van der Waals surface area (Å²) < 4.78 is 56.1. The monoisotopic (exact) mass is 501 g/mol. The van der Waals surface area contributed by atoms with Crippen LogP contribution >= 0.6 is 0 Å². The molecule has 0 spiro atoms. The first-order valence-corrected chi connectivity index (χ1v) is 11.6. The van der Waals surface area contributed by atoms with Crippen LogP contribution in [0.2, 0.25) is 0 Å². The number of anilines is 1. The lowest BCUT2D eigenvalue weighted by Crippen LogP contribution is -2.46. The van der Waals surface area contributed by atoms with Crippen LogP contribution < -0.4 is 10.6 Å². The van der Waals surface area contributed by atoms with Crippen LogP contribution in [0.15, 0.2) is 42.5 Å². The SMILES string of the molecule is Cc1ccc(C(=O)NCC#Cc2nn3c(N[C@@H]4CCN(C)C[C@@H]4F)cccc3c2CC(F)(F)F)cc1. The average Bonchev–Trinajstić information content (AvgIpc) is 3.15. The summed E-state index contributed by atoms with van der Waals surface area (Å²) in [6.07, 6.45) is -6.25. The van der Waals surface area contributed by atoms with Gasteiger partial charge in [-0.2, -0.15) is 18.3 Å². The van der Waals surface area contributed by atoms with Crippen LogP contribution in [-0.4, -0.2) is 65.5 Å². The standard InChI is InChI=1S/C26H27F4N5O/c1-17-8-10-18(11-9-17)25(36)31-13-4-5-21-19(15-26(28,29)30)23-6-3-7-24(35(23)33-21)32-22-12-14-34(2)16-20(22)27/h3,6-11,20,22,32H,12-16H2,1-2H3,(H,31,36)/t20-,22+/m0/s1. The molecular weight excluding hydrogens is 474 g/mol. The van der Waals surface area contributed by atoms with Crippen LogP contribution in [0.4, 0.5) is 23.4 Å². The number of likely N-dealkylation sites (tertiary alicyclic amines) is 1. The van der Waals surface area contributed by atoms with Gasteiger partial charge in [0.05, 0.1) is 24.5 Å². The van der Waals surface area contributed by atoms with Gasteiger partial charge in [-0.3, -0.25) is 4.79 Å². The lowest BCUT2D eigenvalue weighted by Gasteiger charge is -2.33. The van der Waals surface area contributed by atoms with Crippen molar-refractivity contribution in [3.63, 3.8) is 0 Å². The summed E-state index contributed by atoms with van der Waals surface area (Å²) in [5, 5.41) is 10.1. The molecule has 1 amide bonds. The number of halogens is 4. The maximum Gasteiger partial charge on any atom is 0.393 e. The summed E-state index contributed by atoms with van der Waals surface area (Å²) in [6.45, 7) is 2.83. The number of alkyl halides is 4. The second-order valence-electron chi connectivity index (χ2n) is 9.00. The maximum atomic E-state index is 14.6. The third kappa shape index (κ3) is 6.15. The van der Waals surface area contributed by atoms with Crippen molar-refractivity contribution in [2.24, 2.45) is 0 Å². The Morgan fingerprint density at radius 1 is 1.19 bits per heavy atom. The Hall–Kier alpha value is -3.58. The van der Waals surface area contributed by atoms with Gasteiger partial charge >= 0.3 is 6.18 Å². The molecule has 1 aromatic carbocycles. The van der Waals surface area contributed by atoms with Gasteiger partial charge in [0.15, 0.2) is 0 Å². The zero-order valence-electron chi connectivity index (χ0n) is 20.0. The normalized spacial score (nSPS) is 18.5. The molecule has 1 saturated heterocycles. The van der Waals surface area contributed by atoms with Gasteiger partial charge in [0, 0.05) is 24.2 Å². The number of hydrogen-bond donors (Lipinski definition) is 2. The van der Waals surface area contributed by atoms with E-state index in [1.165, 1.54) is 10.6 Å². The van der Waals surface area contributed by atoms with Gasteiger partial charge in [-0.05, 0) is 50.6 Å². The summed E-state index contributed by atoms with van der Waals surface area (Å²) in [7, 11) is 1.84. The van der Waals surface area contributed by atoms with Gasteiger partial charge < -0.3 is 15.5 Å². The number of amides is 1. The Balaban J connectivity index is 1.58. The molecule has 0 aliphatic carbocycles. The van der Waals surface area contributed by atoms with Crippen LogP contribution in [-0.2, 0) is 6.42 Å². The van der Waals surface area contributed by atoms with Gasteiger partial charge in [-0.1, -0.05) is 29.7 Å². The Morgan fingerprint density at radius 2 is 1.94 bits per heavy atom. The number of nitrogens with zero attached hydrogens (tertiary/aromatic N) is 3. The van der Waals surface area contributed by atoms with Crippen molar-refractivity contribution < 1.29 is 22.4 Å². The molecule has 1 aliphatic rings. The van der Waals surface area contributed by atoms with Gasteiger partial charge in [0.25, 0.3) is 5.91 Å². The Morgan fingerprint density at radius 3 is 2.64 bits per heavy atom. The van der Waals surface area contributed by atoms with E-state index in [4.69, 9.17) is 0 Å². The fraction of sp³-hybridized carbons (Fsp3) is 0.385. The first kappa shape index (κ1) is 25.5. The smallest absolute Gasteiger partial charge is 0.364 e. The summed E-state index contributed by atoms with van der Waals surface area (Å²) >= 11 is 0. The number of carbonyl (C=O) groups excluding carboxylic acids is 1. The van der Waals surface area contributed by atoms with Crippen molar-refractivity contribution in [2.75, 3.05) is 32.0 Å². The van der Waals surface area contributed by atoms with E-state index < -0.39 is 24.8 Å². The highest BCUT2D eigenvalue weighted by molar-refractivity contribution is 5.94. The lowest BCUT2D eigenvalue weighted by molar-refractivity contribution is -0.127. The third-order valence-electron chi connectivity index (χ3n) is 6.07. The zero-order chi connectivity index (χ0) is 25.9. The number of rotatable bonds is 5. The predicted molar refractivity (Wildman–Crippen MR) is 130 cm³/mol. The highest BCUT2D eigenvalue weighted by atomic mass is 19.4. The van der Waals surface area contributed by atoms with E-state index in [0.29, 0.717) is 24.3 Å². The summed E-state index contributed by atoms with van der Waals surface area (Å²) in [4.78, 5) is 14.1. The molecule has 2 aromatic heterocycles. The topological polar surface area (TPSA) is 61.7 Å². The number of aryl methyl sites for hydroxylation is 1. The molecule has 4 rings (SSSR count). The summed E-state index contributed by atoms with van der Waals surface area (Å²) in [5.74, 6) is 5.45. The van der Waals surface area contributed by atoms with Crippen molar-refractivity contribution in [2.45, 2.75) is 38.2 Å². The van der Waals surface area contributed by atoms with E-state index in [0.717, 1.165) is 5.56 Å². The summed E-state index contributed by atoms with van der Waals surface area (Å²) in [5.41, 5.74) is 1.62. The van der Waals surface area contributed by atoms with Crippen LogP contribution in [0, 0.1) is 18.8 Å². The fourth-order valence-electron chi connectivity index (χ4n) is 4.17. The number of fused-ring (bicyclic) bond motifs is 1. The maximum absolute atomic E-state index is 14.6. The molecular formula is C26H27F4N5O. The predicted octanol–water partition coefficient (Wildman–Crippen LogP) is 3.98. The Labute approximate surface area is 206 Å². The molecule has 0 bridgehead atoms. The van der Waals surface area contributed by atoms with Gasteiger partial charge in [0.2, 0.25) is 0 Å². The van der Waals surface area contributed by atoms with Crippen LogP contribution in [0.25, 0.3) is 5.52 Å².